The highest BCUT2D eigenvalue weighted by molar-refractivity contribution is 5.94. The van der Waals surface area contributed by atoms with E-state index in [0.717, 1.165) is 23.4 Å². The molecular formula is C23H24N4O. The first kappa shape index (κ1) is 18.3. The second-order valence-corrected chi connectivity index (χ2v) is 7.15. The van der Waals surface area contributed by atoms with E-state index in [0.29, 0.717) is 12.1 Å². The van der Waals surface area contributed by atoms with E-state index in [1.54, 1.807) is 18.6 Å². The van der Waals surface area contributed by atoms with Crippen molar-refractivity contribution in [2.45, 2.75) is 25.9 Å². The van der Waals surface area contributed by atoms with E-state index in [9.17, 15) is 4.79 Å². The molecule has 5 heteroatoms. The molecule has 0 spiro atoms. The smallest absolute Gasteiger partial charge is 0.251 e. The first-order valence-electron chi connectivity index (χ1n) is 9.73. The average molecular weight is 372 g/mol. The number of amides is 1. The number of likely N-dealkylation sites (tertiary alicyclic amines) is 1. The van der Waals surface area contributed by atoms with E-state index in [-0.39, 0.29) is 5.91 Å². The number of nitrogens with one attached hydrogen (secondary N) is 1. The molecule has 2 aromatic carbocycles. The Hall–Kier alpha value is -3.05. The third-order valence-corrected chi connectivity index (χ3v) is 5.09. The third-order valence-electron chi connectivity index (χ3n) is 5.09. The molecule has 3 aromatic rings. The summed E-state index contributed by atoms with van der Waals surface area (Å²) in [5, 5.41) is 2.99. The Bertz CT molecular complexity index is 902. The highest BCUT2D eigenvalue weighted by atomic mass is 16.1. The van der Waals surface area contributed by atoms with Crippen LogP contribution in [0.3, 0.4) is 0 Å². The number of hydrogen-bond acceptors (Lipinski definition) is 4. The summed E-state index contributed by atoms with van der Waals surface area (Å²) < 4.78 is 0. The fourth-order valence-electron chi connectivity index (χ4n) is 3.49. The SMILES string of the molecule is O=C(NCc1ccc(CN2CCCC2)cc1)c1ccc(-c2cnccn2)cc1. The van der Waals surface area contributed by atoms with Gasteiger partial charge in [-0.05, 0) is 49.2 Å². The van der Waals surface area contributed by atoms with Crippen molar-refractivity contribution in [3.05, 3.63) is 83.8 Å². The second-order valence-electron chi connectivity index (χ2n) is 7.15. The van der Waals surface area contributed by atoms with Crippen LogP contribution < -0.4 is 5.32 Å². The molecule has 2 heterocycles. The summed E-state index contributed by atoms with van der Waals surface area (Å²) in [5.74, 6) is -0.0770. The Morgan fingerprint density at radius 3 is 2.32 bits per heavy atom. The Kier molecular flexibility index (Phi) is 5.73. The number of carbonyl (C=O) groups is 1. The van der Waals surface area contributed by atoms with Gasteiger partial charge in [-0.25, -0.2) is 0 Å². The van der Waals surface area contributed by atoms with Crippen molar-refractivity contribution in [2.75, 3.05) is 13.1 Å². The van der Waals surface area contributed by atoms with Crippen LogP contribution in [0.5, 0.6) is 0 Å². The Balaban J connectivity index is 1.31. The molecule has 1 amide bonds. The van der Waals surface area contributed by atoms with Gasteiger partial charge in [0.05, 0.1) is 11.9 Å². The van der Waals surface area contributed by atoms with Crippen LogP contribution in [-0.2, 0) is 13.1 Å². The predicted octanol–water partition coefficient (Wildman–Crippen LogP) is 3.67. The van der Waals surface area contributed by atoms with Crippen molar-refractivity contribution >= 4 is 5.91 Å². The summed E-state index contributed by atoms with van der Waals surface area (Å²) in [4.78, 5) is 23.2. The largest absolute Gasteiger partial charge is 0.348 e. The average Bonchev–Trinajstić information content (AvgIpc) is 3.27. The van der Waals surface area contributed by atoms with Gasteiger partial charge in [-0.15, -0.1) is 0 Å². The lowest BCUT2D eigenvalue weighted by Crippen LogP contribution is -2.22. The van der Waals surface area contributed by atoms with Crippen LogP contribution in [0, 0.1) is 0 Å². The molecule has 142 valence electrons. The molecule has 0 saturated carbocycles. The monoisotopic (exact) mass is 372 g/mol. The summed E-state index contributed by atoms with van der Waals surface area (Å²) >= 11 is 0. The number of aromatic nitrogens is 2. The van der Waals surface area contributed by atoms with E-state index in [4.69, 9.17) is 0 Å². The van der Waals surface area contributed by atoms with Gasteiger partial charge in [-0.1, -0.05) is 36.4 Å². The van der Waals surface area contributed by atoms with Gasteiger partial charge >= 0.3 is 0 Å². The minimum absolute atomic E-state index is 0.0770. The topological polar surface area (TPSA) is 58.1 Å². The zero-order valence-corrected chi connectivity index (χ0v) is 15.8. The lowest BCUT2D eigenvalue weighted by Gasteiger charge is -2.14. The number of nitrogens with zero attached hydrogens (tertiary/aromatic N) is 3. The number of hydrogen-bond donors (Lipinski definition) is 1. The molecule has 28 heavy (non-hydrogen) atoms. The van der Waals surface area contributed by atoms with E-state index >= 15 is 0 Å². The van der Waals surface area contributed by atoms with Crippen molar-refractivity contribution in [3.8, 4) is 11.3 Å². The van der Waals surface area contributed by atoms with Crippen LogP contribution in [-0.4, -0.2) is 33.9 Å². The van der Waals surface area contributed by atoms with Crippen LogP contribution >= 0.6 is 0 Å². The quantitative estimate of drug-likeness (QED) is 0.717. The maximum absolute atomic E-state index is 12.4. The Morgan fingerprint density at radius 1 is 0.929 bits per heavy atom. The molecule has 0 atom stereocenters. The minimum atomic E-state index is -0.0770. The predicted molar refractivity (Wildman–Crippen MR) is 110 cm³/mol. The molecule has 1 aliphatic rings. The van der Waals surface area contributed by atoms with Crippen LogP contribution in [0.25, 0.3) is 11.3 Å². The summed E-state index contributed by atoms with van der Waals surface area (Å²) in [7, 11) is 0. The van der Waals surface area contributed by atoms with Gasteiger partial charge in [0.15, 0.2) is 0 Å². The Morgan fingerprint density at radius 2 is 1.64 bits per heavy atom. The molecule has 0 bridgehead atoms. The van der Waals surface area contributed by atoms with Crippen molar-refractivity contribution in [1.82, 2.24) is 20.2 Å². The molecule has 1 saturated heterocycles. The van der Waals surface area contributed by atoms with Gasteiger partial charge in [0.1, 0.15) is 0 Å². The summed E-state index contributed by atoms with van der Waals surface area (Å²) in [5.41, 5.74) is 4.81. The lowest BCUT2D eigenvalue weighted by atomic mass is 10.1. The van der Waals surface area contributed by atoms with Gasteiger partial charge in [0.25, 0.3) is 5.91 Å². The standard InChI is InChI=1S/C23H24N4O/c28-23(21-9-7-20(8-10-21)22-16-24-11-12-25-22)26-15-18-3-5-19(6-4-18)17-27-13-1-2-14-27/h3-12,16H,1-2,13-15,17H2,(H,26,28). The maximum atomic E-state index is 12.4. The molecule has 0 radical (unpaired) electrons. The first-order valence-corrected chi connectivity index (χ1v) is 9.73. The summed E-state index contributed by atoms with van der Waals surface area (Å²) in [6, 6.07) is 16.0. The summed E-state index contributed by atoms with van der Waals surface area (Å²) in [6.07, 6.45) is 7.63. The van der Waals surface area contributed by atoms with Crippen molar-refractivity contribution in [2.24, 2.45) is 0 Å². The van der Waals surface area contributed by atoms with Crippen molar-refractivity contribution < 1.29 is 4.79 Å². The maximum Gasteiger partial charge on any atom is 0.251 e. The van der Waals surface area contributed by atoms with Crippen LogP contribution in [0.1, 0.15) is 34.3 Å². The van der Waals surface area contributed by atoms with Gasteiger partial charge < -0.3 is 5.32 Å². The van der Waals surface area contributed by atoms with Crippen molar-refractivity contribution in [3.63, 3.8) is 0 Å². The van der Waals surface area contributed by atoms with Gasteiger partial charge in [-0.3, -0.25) is 19.7 Å². The molecule has 1 aliphatic heterocycles. The van der Waals surface area contributed by atoms with Gasteiger partial charge in [0, 0.05) is 36.6 Å². The molecule has 0 unspecified atom stereocenters. The van der Waals surface area contributed by atoms with E-state index in [1.165, 1.54) is 31.5 Å². The lowest BCUT2D eigenvalue weighted by molar-refractivity contribution is 0.0951. The van der Waals surface area contributed by atoms with E-state index < -0.39 is 0 Å². The van der Waals surface area contributed by atoms with E-state index in [2.05, 4.69) is 44.5 Å². The highest BCUT2D eigenvalue weighted by Gasteiger charge is 2.11. The number of carbonyl (C=O) groups excluding carboxylic acids is 1. The first-order chi connectivity index (χ1) is 13.8. The fourth-order valence-corrected chi connectivity index (χ4v) is 3.49. The van der Waals surface area contributed by atoms with Crippen molar-refractivity contribution in [1.29, 1.82) is 0 Å². The van der Waals surface area contributed by atoms with E-state index in [1.807, 2.05) is 24.3 Å². The molecule has 5 nitrogen and oxygen atoms in total. The summed E-state index contributed by atoms with van der Waals surface area (Å²) in [6.45, 7) is 3.94. The van der Waals surface area contributed by atoms with Crippen LogP contribution in [0.4, 0.5) is 0 Å². The molecule has 1 fully saturated rings. The second kappa shape index (κ2) is 8.76. The highest BCUT2D eigenvalue weighted by Crippen LogP contribution is 2.16. The normalized spacial score (nSPS) is 14.1. The Labute approximate surface area is 165 Å². The molecule has 1 aromatic heterocycles. The molecule has 4 rings (SSSR count). The zero-order chi connectivity index (χ0) is 19.2. The number of benzene rings is 2. The third kappa shape index (κ3) is 4.61. The van der Waals surface area contributed by atoms with Crippen LogP contribution in [0.2, 0.25) is 0 Å². The molecule has 1 N–H and O–H groups in total. The number of rotatable bonds is 6. The fraction of sp³-hybridized carbons (Fsp3) is 0.261. The van der Waals surface area contributed by atoms with Gasteiger partial charge in [0.2, 0.25) is 0 Å². The zero-order valence-electron chi connectivity index (χ0n) is 15.8. The van der Waals surface area contributed by atoms with Crippen LogP contribution in [0.15, 0.2) is 67.1 Å². The minimum Gasteiger partial charge on any atom is -0.348 e. The molecule has 0 aliphatic carbocycles. The molecular weight excluding hydrogens is 348 g/mol. The van der Waals surface area contributed by atoms with Gasteiger partial charge in [-0.2, -0.15) is 0 Å².